The van der Waals surface area contributed by atoms with Crippen LogP contribution < -0.4 is 5.32 Å². The van der Waals surface area contributed by atoms with Crippen molar-refractivity contribution in [3.8, 4) is 0 Å². The first kappa shape index (κ1) is 14.6. The van der Waals surface area contributed by atoms with Crippen LogP contribution in [0.1, 0.15) is 23.2 Å². The van der Waals surface area contributed by atoms with Crippen LogP contribution in [0.3, 0.4) is 0 Å². The quantitative estimate of drug-likeness (QED) is 0.511. The number of carbonyl (C=O) groups is 1. The Morgan fingerprint density at radius 2 is 2.40 bits per heavy atom. The second-order valence-corrected chi connectivity index (χ2v) is 5.90. The number of benzene rings is 1. The SMILES string of the molecule is COC(=O)c1ccc([N+](=O)[O-])c(NCC2CCCS2)c1. The molecule has 108 valence electrons. The van der Waals surface area contributed by atoms with Crippen molar-refractivity contribution in [2.24, 2.45) is 0 Å². The Balaban J connectivity index is 2.17. The highest BCUT2D eigenvalue weighted by molar-refractivity contribution is 8.00. The van der Waals surface area contributed by atoms with Crippen LogP contribution in [0.15, 0.2) is 18.2 Å². The molecular formula is C13H16N2O4S. The molecule has 0 aromatic heterocycles. The zero-order chi connectivity index (χ0) is 14.5. The van der Waals surface area contributed by atoms with E-state index >= 15 is 0 Å². The summed E-state index contributed by atoms with van der Waals surface area (Å²) < 4.78 is 4.63. The average Bonchev–Trinajstić information content (AvgIpc) is 2.97. The van der Waals surface area contributed by atoms with Crippen LogP contribution in [-0.2, 0) is 4.74 Å². The second-order valence-electron chi connectivity index (χ2n) is 4.50. The Kier molecular flexibility index (Phi) is 4.84. The van der Waals surface area contributed by atoms with Crippen molar-refractivity contribution in [2.45, 2.75) is 18.1 Å². The minimum Gasteiger partial charge on any atom is -0.465 e. The van der Waals surface area contributed by atoms with Crippen LogP contribution in [0, 0.1) is 10.1 Å². The third kappa shape index (κ3) is 3.41. The highest BCUT2D eigenvalue weighted by Crippen LogP contribution is 2.29. The minimum absolute atomic E-state index is 0.0272. The lowest BCUT2D eigenvalue weighted by Gasteiger charge is -2.12. The first-order valence-corrected chi connectivity index (χ1v) is 7.39. The number of nitrogens with one attached hydrogen (secondary N) is 1. The van der Waals surface area contributed by atoms with Crippen LogP contribution in [-0.4, -0.2) is 35.5 Å². The number of anilines is 1. The normalized spacial score (nSPS) is 17.8. The molecule has 1 aromatic carbocycles. The summed E-state index contributed by atoms with van der Waals surface area (Å²) in [4.78, 5) is 22.0. The lowest BCUT2D eigenvalue weighted by atomic mass is 10.1. The topological polar surface area (TPSA) is 81.5 Å². The first-order chi connectivity index (χ1) is 9.61. The molecule has 0 spiro atoms. The standard InChI is InChI=1S/C13H16N2O4S/c1-19-13(16)9-4-5-12(15(17)18)11(7-9)14-8-10-3-2-6-20-10/h4-5,7,10,14H,2-3,6,8H2,1H3. The summed E-state index contributed by atoms with van der Waals surface area (Å²) in [6.07, 6.45) is 2.30. The number of hydrogen-bond donors (Lipinski definition) is 1. The van der Waals surface area contributed by atoms with Crippen molar-refractivity contribution in [1.82, 2.24) is 0 Å². The maximum absolute atomic E-state index is 11.5. The van der Waals surface area contributed by atoms with E-state index in [9.17, 15) is 14.9 Å². The molecule has 20 heavy (non-hydrogen) atoms. The van der Waals surface area contributed by atoms with Crippen molar-refractivity contribution in [1.29, 1.82) is 0 Å². The van der Waals surface area contributed by atoms with Gasteiger partial charge < -0.3 is 10.1 Å². The van der Waals surface area contributed by atoms with Crippen LogP contribution in [0.4, 0.5) is 11.4 Å². The van der Waals surface area contributed by atoms with E-state index in [4.69, 9.17) is 0 Å². The Morgan fingerprint density at radius 3 is 3.00 bits per heavy atom. The smallest absolute Gasteiger partial charge is 0.337 e. The first-order valence-electron chi connectivity index (χ1n) is 6.34. The van der Waals surface area contributed by atoms with Gasteiger partial charge in [0.1, 0.15) is 5.69 Å². The molecule has 0 saturated carbocycles. The number of nitrogens with zero attached hydrogens (tertiary/aromatic N) is 1. The molecule has 1 atom stereocenters. The lowest BCUT2D eigenvalue weighted by molar-refractivity contribution is -0.384. The van der Waals surface area contributed by atoms with Gasteiger partial charge in [0.15, 0.2) is 0 Å². The zero-order valence-corrected chi connectivity index (χ0v) is 11.9. The van der Waals surface area contributed by atoms with Gasteiger partial charge in [-0.1, -0.05) is 0 Å². The molecule has 1 aliphatic rings. The van der Waals surface area contributed by atoms with Crippen molar-refractivity contribution in [3.63, 3.8) is 0 Å². The Hall–Kier alpha value is -1.76. The number of methoxy groups -OCH3 is 1. The molecule has 0 amide bonds. The van der Waals surface area contributed by atoms with Gasteiger partial charge in [0.2, 0.25) is 0 Å². The molecule has 1 fully saturated rings. The average molecular weight is 296 g/mol. The predicted molar refractivity (Wildman–Crippen MR) is 78.4 cm³/mol. The molecule has 1 saturated heterocycles. The summed E-state index contributed by atoms with van der Waals surface area (Å²) in [7, 11) is 1.28. The van der Waals surface area contributed by atoms with Gasteiger partial charge in [-0.05, 0) is 30.7 Å². The fourth-order valence-electron chi connectivity index (χ4n) is 2.11. The van der Waals surface area contributed by atoms with Crippen molar-refractivity contribution < 1.29 is 14.5 Å². The minimum atomic E-state index is -0.502. The van der Waals surface area contributed by atoms with Crippen molar-refractivity contribution >= 4 is 29.1 Å². The summed E-state index contributed by atoms with van der Waals surface area (Å²) in [5, 5.41) is 14.6. The van der Waals surface area contributed by atoms with E-state index in [1.54, 1.807) is 0 Å². The Bertz CT molecular complexity index is 515. The Morgan fingerprint density at radius 1 is 1.60 bits per heavy atom. The molecule has 7 heteroatoms. The van der Waals surface area contributed by atoms with Crippen LogP contribution >= 0.6 is 11.8 Å². The van der Waals surface area contributed by atoms with E-state index in [1.165, 1.54) is 31.7 Å². The fraction of sp³-hybridized carbons (Fsp3) is 0.462. The van der Waals surface area contributed by atoms with Gasteiger partial charge in [0, 0.05) is 17.9 Å². The summed E-state index contributed by atoms with van der Waals surface area (Å²) >= 11 is 1.87. The van der Waals surface area contributed by atoms with Crippen molar-refractivity contribution in [2.75, 3.05) is 24.7 Å². The molecule has 1 heterocycles. The van der Waals surface area contributed by atoms with Gasteiger partial charge in [0.05, 0.1) is 17.6 Å². The monoisotopic (exact) mass is 296 g/mol. The van der Waals surface area contributed by atoms with Crippen LogP contribution in [0.2, 0.25) is 0 Å². The number of thioether (sulfide) groups is 1. The number of esters is 1. The zero-order valence-electron chi connectivity index (χ0n) is 11.1. The van der Waals surface area contributed by atoms with Gasteiger partial charge in [-0.3, -0.25) is 10.1 Å². The fourth-order valence-corrected chi connectivity index (χ4v) is 3.31. The number of ether oxygens (including phenoxy) is 1. The van der Waals surface area contributed by atoms with Gasteiger partial charge in [-0.25, -0.2) is 4.79 Å². The van der Waals surface area contributed by atoms with E-state index < -0.39 is 10.9 Å². The maximum Gasteiger partial charge on any atom is 0.337 e. The summed E-state index contributed by atoms with van der Waals surface area (Å²) in [6, 6.07) is 4.21. The summed E-state index contributed by atoms with van der Waals surface area (Å²) in [5.74, 6) is 0.634. The number of carbonyl (C=O) groups excluding carboxylic acids is 1. The van der Waals surface area contributed by atoms with Crippen LogP contribution in [0.25, 0.3) is 0 Å². The highest BCUT2D eigenvalue weighted by Gasteiger charge is 2.20. The molecule has 0 aliphatic carbocycles. The van der Waals surface area contributed by atoms with Gasteiger partial charge >= 0.3 is 5.97 Å². The predicted octanol–water partition coefficient (Wildman–Crippen LogP) is 2.69. The van der Waals surface area contributed by atoms with Gasteiger partial charge in [-0.2, -0.15) is 11.8 Å². The van der Waals surface area contributed by atoms with E-state index in [2.05, 4.69) is 10.1 Å². The van der Waals surface area contributed by atoms with E-state index in [0.29, 0.717) is 23.0 Å². The molecular weight excluding hydrogens is 280 g/mol. The molecule has 0 radical (unpaired) electrons. The van der Waals surface area contributed by atoms with Gasteiger partial charge in [0.25, 0.3) is 5.69 Å². The molecule has 1 aliphatic heterocycles. The number of hydrogen-bond acceptors (Lipinski definition) is 6. The molecule has 1 aromatic rings. The summed E-state index contributed by atoms with van der Waals surface area (Å²) in [5.41, 5.74) is 0.644. The van der Waals surface area contributed by atoms with Gasteiger partial charge in [-0.15, -0.1) is 0 Å². The third-order valence-corrected chi connectivity index (χ3v) is 4.56. The largest absolute Gasteiger partial charge is 0.465 e. The number of rotatable bonds is 5. The van der Waals surface area contributed by atoms with E-state index in [1.807, 2.05) is 11.8 Å². The molecule has 6 nitrogen and oxygen atoms in total. The molecule has 2 rings (SSSR count). The number of nitro benzene ring substituents is 1. The van der Waals surface area contributed by atoms with E-state index in [0.717, 1.165) is 12.2 Å². The molecule has 0 bridgehead atoms. The highest BCUT2D eigenvalue weighted by atomic mass is 32.2. The summed E-state index contributed by atoms with van der Waals surface area (Å²) in [6.45, 7) is 0.663. The lowest BCUT2D eigenvalue weighted by Crippen LogP contribution is -2.15. The maximum atomic E-state index is 11.5. The van der Waals surface area contributed by atoms with Crippen molar-refractivity contribution in [3.05, 3.63) is 33.9 Å². The number of nitro groups is 1. The van der Waals surface area contributed by atoms with E-state index in [-0.39, 0.29) is 5.69 Å². The third-order valence-electron chi connectivity index (χ3n) is 3.16. The second kappa shape index (κ2) is 6.60. The van der Waals surface area contributed by atoms with Crippen LogP contribution in [0.5, 0.6) is 0 Å². The molecule has 1 unspecified atom stereocenters. The molecule has 1 N–H and O–H groups in total. The Labute approximate surface area is 121 Å².